The van der Waals surface area contributed by atoms with Crippen molar-refractivity contribution in [2.75, 3.05) is 18.1 Å². The Kier molecular flexibility index (Phi) is 5.79. The Morgan fingerprint density at radius 1 is 1.08 bits per heavy atom. The lowest BCUT2D eigenvalue weighted by Crippen LogP contribution is -2.33. The minimum absolute atomic E-state index is 0.146. The lowest BCUT2D eigenvalue weighted by atomic mass is 10.2. The molecule has 10 heteroatoms. The average molecular weight is 400 g/mol. The fourth-order valence-corrected chi connectivity index (χ4v) is 4.08. The second-order valence-corrected chi connectivity index (χ2v) is 9.33. The molecule has 0 aliphatic rings. The van der Waals surface area contributed by atoms with Gasteiger partial charge in [-0.25, -0.2) is 25.9 Å². The van der Waals surface area contributed by atoms with Gasteiger partial charge in [0, 0.05) is 11.9 Å². The average Bonchev–Trinajstić information content (AvgIpc) is 2.52. The first-order valence-corrected chi connectivity index (χ1v) is 10.7. The van der Waals surface area contributed by atoms with Gasteiger partial charge in [0.25, 0.3) is 0 Å². The van der Waals surface area contributed by atoms with Crippen LogP contribution in [-0.4, -0.2) is 35.5 Å². The third-order valence-corrected chi connectivity index (χ3v) is 6.06. The van der Waals surface area contributed by atoms with E-state index in [0.717, 1.165) is 18.4 Å². The van der Waals surface area contributed by atoms with Crippen molar-refractivity contribution in [2.24, 2.45) is 0 Å². The fourth-order valence-electron chi connectivity index (χ4n) is 2.11. The van der Waals surface area contributed by atoms with Crippen molar-refractivity contribution in [1.29, 1.82) is 0 Å². The van der Waals surface area contributed by atoms with E-state index in [0.29, 0.717) is 5.56 Å². The molecule has 0 fully saturated rings. The summed E-state index contributed by atoms with van der Waals surface area (Å²) in [5.41, 5.74) is 0.514. The van der Waals surface area contributed by atoms with Crippen molar-refractivity contribution in [2.45, 2.75) is 16.7 Å². The van der Waals surface area contributed by atoms with E-state index in [-0.39, 0.29) is 15.5 Å². The fraction of sp³-hybridized carbons (Fsp3) is 0.188. The van der Waals surface area contributed by atoms with Gasteiger partial charge < -0.3 is 5.32 Å². The van der Waals surface area contributed by atoms with Crippen LogP contribution in [0.5, 0.6) is 0 Å². The number of hydrogen-bond donors (Lipinski definition) is 2. The van der Waals surface area contributed by atoms with Crippen LogP contribution in [0.25, 0.3) is 0 Å². The summed E-state index contributed by atoms with van der Waals surface area (Å²) in [4.78, 5) is 11.5. The molecule has 0 saturated carbocycles. The SMILES string of the molecule is Cc1ccc(S(C)(=O)=O)cc1S(=O)(=O)NCC(=O)Nc1cccc(F)c1. The van der Waals surface area contributed by atoms with Crippen molar-refractivity contribution < 1.29 is 26.0 Å². The summed E-state index contributed by atoms with van der Waals surface area (Å²) in [5, 5.41) is 2.36. The second kappa shape index (κ2) is 7.52. The Hall–Kier alpha value is -2.30. The van der Waals surface area contributed by atoms with Crippen LogP contribution in [-0.2, 0) is 24.7 Å². The van der Waals surface area contributed by atoms with Gasteiger partial charge in [-0.15, -0.1) is 0 Å². The summed E-state index contributed by atoms with van der Waals surface area (Å²) in [6.45, 7) is 0.912. The summed E-state index contributed by atoms with van der Waals surface area (Å²) >= 11 is 0. The highest BCUT2D eigenvalue weighted by Gasteiger charge is 2.20. The molecule has 0 unspecified atom stereocenters. The molecule has 140 valence electrons. The third-order valence-electron chi connectivity index (χ3n) is 3.41. The van der Waals surface area contributed by atoms with Crippen molar-refractivity contribution in [1.82, 2.24) is 4.72 Å². The van der Waals surface area contributed by atoms with E-state index >= 15 is 0 Å². The van der Waals surface area contributed by atoms with E-state index in [2.05, 4.69) is 10.0 Å². The number of carbonyl (C=O) groups is 1. The van der Waals surface area contributed by atoms with E-state index in [4.69, 9.17) is 0 Å². The van der Waals surface area contributed by atoms with Crippen LogP contribution in [0.1, 0.15) is 5.56 Å². The molecule has 0 aliphatic carbocycles. The number of sulfonamides is 1. The molecule has 1 amide bonds. The van der Waals surface area contributed by atoms with Gasteiger partial charge in [-0.1, -0.05) is 12.1 Å². The minimum Gasteiger partial charge on any atom is -0.325 e. The van der Waals surface area contributed by atoms with E-state index in [1.165, 1.54) is 37.3 Å². The summed E-state index contributed by atoms with van der Waals surface area (Å²) in [6.07, 6.45) is 0.966. The predicted molar refractivity (Wildman–Crippen MR) is 94.5 cm³/mol. The van der Waals surface area contributed by atoms with Crippen molar-refractivity contribution in [3.63, 3.8) is 0 Å². The predicted octanol–water partition coefficient (Wildman–Crippen LogP) is 1.45. The van der Waals surface area contributed by atoms with Crippen molar-refractivity contribution in [3.8, 4) is 0 Å². The lowest BCUT2D eigenvalue weighted by Gasteiger charge is -2.11. The molecule has 2 rings (SSSR count). The number of sulfone groups is 1. The number of benzene rings is 2. The largest absolute Gasteiger partial charge is 0.325 e. The molecule has 0 saturated heterocycles. The molecule has 2 N–H and O–H groups in total. The number of halogens is 1. The maximum absolute atomic E-state index is 13.1. The van der Waals surface area contributed by atoms with E-state index in [9.17, 15) is 26.0 Å². The summed E-state index contributed by atoms with van der Waals surface area (Å²) in [6, 6.07) is 8.86. The first-order chi connectivity index (χ1) is 12.0. The molecule has 7 nitrogen and oxygen atoms in total. The Labute approximate surface area is 151 Å². The van der Waals surface area contributed by atoms with Crippen LogP contribution in [0.4, 0.5) is 10.1 Å². The molecule has 0 heterocycles. The van der Waals surface area contributed by atoms with Gasteiger partial charge in [0.2, 0.25) is 15.9 Å². The molecule has 0 radical (unpaired) electrons. The van der Waals surface area contributed by atoms with Gasteiger partial charge in [-0.2, -0.15) is 0 Å². The number of amides is 1. The molecular weight excluding hydrogens is 383 g/mol. The molecule has 0 bridgehead atoms. The first-order valence-electron chi connectivity index (χ1n) is 7.35. The Morgan fingerprint density at radius 3 is 2.38 bits per heavy atom. The topological polar surface area (TPSA) is 109 Å². The Balaban J connectivity index is 2.15. The molecule has 0 aliphatic heterocycles. The lowest BCUT2D eigenvalue weighted by molar-refractivity contribution is -0.115. The van der Waals surface area contributed by atoms with E-state index in [1.807, 2.05) is 0 Å². The molecule has 2 aromatic carbocycles. The monoisotopic (exact) mass is 400 g/mol. The summed E-state index contributed by atoms with van der Waals surface area (Å²) in [5.74, 6) is -1.24. The Bertz CT molecular complexity index is 1050. The highest BCUT2D eigenvalue weighted by molar-refractivity contribution is 7.91. The van der Waals surface area contributed by atoms with Crippen molar-refractivity contribution >= 4 is 31.5 Å². The normalized spacial score (nSPS) is 12.0. The number of anilines is 1. The molecule has 26 heavy (non-hydrogen) atoms. The third kappa shape index (κ3) is 5.10. The molecule has 0 atom stereocenters. The maximum atomic E-state index is 13.1. The van der Waals surface area contributed by atoms with Gasteiger partial charge in [0.1, 0.15) is 5.82 Å². The smallest absolute Gasteiger partial charge is 0.241 e. The zero-order chi connectivity index (χ0) is 19.5. The van der Waals surface area contributed by atoms with Gasteiger partial charge in [0.05, 0.1) is 16.3 Å². The highest BCUT2D eigenvalue weighted by Crippen LogP contribution is 2.20. The minimum atomic E-state index is -4.12. The van der Waals surface area contributed by atoms with Crippen LogP contribution in [0, 0.1) is 12.7 Å². The zero-order valence-electron chi connectivity index (χ0n) is 14.0. The van der Waals surface area contributed by atoms with Crippen LogP contribution in [0.3, 0.4) is 0 Å². The summed E-state index contributed by atoms with van der Waals surface area (Å²) in [7, 11) is -7.70. The van der Waals surface area contributed by atoms with Crippen molar-refractivity contribution in [3.05, 3.63) is 53.8 Å². The quantitative estimate of drug-likeness (QED) is 0.763. The number of rotatable bonds is 6. The standard InChI is InChI=1S/C16H17FN2O5S2/c1-11-6-7-14(25(2,21)22)9-15(11)26(23,24)18-10-16(20)19-13-5-3-4-12(17)8-13/h3-9,18H,10H2,1-2H3,(H,19,20). The summed E-state index contributed by atoms with van der Waals surface area (Å²) < 4.78 is 63.2. The van der Waals surface area contributed by atoms with Crippen LogP contribution in [0.2, 0.25) is 0 Å². The Morgan fingerprint density at radius 2 is 1.77 bits per heavy atom. The number of aryl methyl sites for hydroxylation is 1. The van der Waals surface area contributed by atoms with E-state index in [1.54, 1.807) is 0 Å². The van der Waals surface area contributed by atoms with Gasteiger partial charge in [0.15, 0.2) is 9.84 Å². The first kappa shape index (κ1) is 20.0. The molecule has 0 spiro atoms. The second-order valence-electron chi connectivity index (χ2n) is 5.58. The maximum Gasteiger partial charge on any atom is 0.241 e. The van der Waals surface area contributed by atoms with Crippen LogP contribution < -0.4 is 10.0 Å². The van der Waals surface area contributed by atoms with Gasteiger partial charge >= 0.3 is 0 Å². The highest BCUT2D eigenvalue weighted by atomic mass is 32.2. The molecule has 0 aromatic heterocycles. The number of hydrogen-bond acceptors (Lipinski definition) is 5. The number of nitrogens with one attached hydrogen (secondary N) is 2. The number of carbonyl (C=O) groups excluding carboxylic acids is 1. The van der Waals surface area contributed by atoms with Crippen LogP contribution in [0.15, 0.2) is 52.3 Å². The molecule has 2 aromatic rings. The molecular formula is C16H17FN2O5S2. The van der Waals surface area contributed by atoms with Crippen LogP contribution >= 0.6 is 0 Å². The van der Waals surface area contributed by atoms with Gasteiger partial charge in [-0.05, 0) is 42.8 Å². The zero-order valence-corrected chi connectivity index (χ0v) is 15.6. The van der Waals surface area contributed by atoms with E-state index < -0.39 is 38.1 Å². The van der Waals surface area contributed by atoms with Gasteiger partial charge in [-0.3, -0.25) is 4.79 Å².